The van der Waals surface area contributed by atoms with Gasteiger partial charge in [-0.2, -0.15) is 0 Å². The summed E-state index contributed by atoms with van der Waals surface area (Å²) in [6.45, 7) is 7.44. The van der Waals surface area contributed by atoms with Gasteiger partial charge in [0.25, 0.3) is 0 Å². The Kier molecular flexibility index (Phi) is 9.51. The fourth-order valence-corrected chi connectivity index (χ4v) is 5.99. The minimum Gasteiger partial charge on any atom is -0.312 e. The zero-order valence-electron chi connectivity index (χ0n) is 19.9. The largest absolute Gasteiger partial charge is 0.312 e. The third kappa shape index (κ3) is 6.81. The van der Waals surface area contributed by atoms with Crippen LogP contribution in [-0.4, -0.2) is 4.98 Å². The van der Waals surface area contributed by atoms with Gasteiger partial charge >= 0.3 is 0 Å². The maximum absolute atomic E-state index is 6.88. The third-order valence-electron chi connectivity index (χ3n) is 6.67. The summed E-state index contributed by atoms with van der Waals surface area (Å²) in [5, 5.41) is 1.16. The summed E-state index contributed by atoms with van der Waals surface area (Å²) >= 11 is 7.04. The standard InChI is InChI=1S/C12H13N.C10H11Br.C9H6BrN/c1-13-9-11-7-4-6-10-5-2-3-8-12(10)11;11-10-7-3-5-8-4-1-2-6-9(8)10;10-8-4-1-5-9-7(8)3-2-6-11-9/h4,6-7H,2-3,5,8-9H2;3,5,7H,1-2,4,6H2;1-6H. The second-order valence-electron chi connectivity index (χ2n) is 8.97. The summed E-state index contributed by atoms with van der Waals surface area (Å²) in [6, 6.07) is 22.9. The Balaban J connectivity index is 0.000000124. The van der Waals surface area contributed by atoms with Gasteiger partial charge in [0.15, 0.2) is 0 Å². The molecule has 4 heteroatoms. The van der Waals surface area contributed by atoms with Crippen LogP contribution in [0, 0.1) is 6.57 Å². The van der Waals surface area contributed by atoms with E-state index < -0.39 is 0 Å². The quantitative estimate of drug-likeness (QED) is 0.202. The Morgan fingerprint density at radius 2 is 1.31 bits per heavy atom. The van der Waals surface area contributed by atoms with Gasteiger partial charge in [-0.3, -0.25) is 4.98 Å². The SMILES string of the molecule is Brc1cccc2c1CCCC2.Brc1cccc2ncccc12.[C-]#[N+]Cc1cccc2c1CCCC2. The van der Waals surface area contributed by atoms with Gasteiger partial charge in [-0.1, -0.05) is 74.3 Å². The van der Waals surface area contributed by atoms with Crippen LogP contribution in [0.2, 0.25) is 0 Å². The molecule has 0 saturated heterocycles. The van der Waals surface area contributed by atoms with Gasteiger partial charge in [0.2, 0.25) is 6.54 Å². The molecule has 1 aromatic heterocycles. The van der Waals surface area contributed by atoms with Gasteiger partial charge < -0.3 is 4.85 Å². The number of hydrogen-bond donors (Lipinski definition) is 0. The first-order valence-electron chi connectivity index (χ1n) is 12.4. The highest BCUT2D eigenvalue weighted by atomic mass is 79.9. The number of hydrogen-bond acceptors (Lipinski definition) is 1. The van der Waals surface area contributed by atoms with E-state index in [-0.39, 0.29) is 0 Å². The van der Waals surface area contributed by atoms with Crippen molar-refractivity contribution in [3.8, 4) is 0 Å². The van der Waals surface area contributed by atoms with Crippen molar-refractivity contribution in [2.75, 3.05) is 0 Å². The summed E-state index contributed by atoms with van der Waals surface area (Å²) < 4.78 is 2.40. The second kappa shape index (κ2) is 13.0. The van der Waals surface area contributed by atoms with Crippen LogP contribution in [0.1, 0.15) is 53.5 Å². The van der Waals surface area contributed by atoms with Crippen LogP contribution < -0.4 is 0 Å². The molecule has 0 atom stereocenters. The Bertz CT molecular complexity index is 1320. The molecule has 0 aliphatic heterocycles. The zero-order valence-corrected chi connectivity index (χ0v) is 23.1. The number of aryl methyl sites for hydroxylation is 2. The van der Waals surface area contributed by atoms with Crippen LogP contribution in [0.3, 0.4) is 0 Å². The van der Waals surface area contributed by atoms with E-state index in [1.807, 2.05) is 30.3 Å². The van der Waals surface area contributed by atoms with Crippen LogP contribution in [0.4, 0.5) is 0 Å². The van der Waals surface area contributed by atoms with E-state index in [2.05, 4.69) is 78.1 Å². The summed E-state index contributed by atoms with van der Waals surface area (Å²) in [5.74, 6) is 0. The molecule has 2 aliphatic carbocycles. The molecule has 0 unspecified atom stereocenters. The van der Waals surface area contributed by atoms with E-state index >= 15 is 0 Å². The Morgan fingerprint density at radius 3 is 2.03 bits per heavy atom. The molecule has 2 nitrogen and oxygen atoms in total. The number of fused-ring (bicyclic) bond motifs is 3. The molecule has 3 aromatic carbocycles. The molecule has 0 saturated carbocycles. The highest BCUT2D eigenvalue weighted by Gasteiger charge is 2.13. The highest BCUT2D eigenvalue weighted by Crippen LogP contribution is 2.28. The maximum Gasteiger partial charge on any atom is 0.240 e. The first-order valence-corrected chi connectivity index (χ1v) is 13.9. The topological polar surface area (TPSA) is 17.2 Å². The molecule has 35 heavy (non-hydrogen) atoms. The lowest BCUT2D eigenvalue weighted by Gasteiger charge is -2.16. The van der Waals surface area contributed by atoms with Crippen molar-refractivity contribution in [3.63, 3.8) is 0 Å². The highest BCUT2D eigenvalue weighted by molar-refractivity contribution is 9.11. The number of benzene rings is 3. The molecule has 0 spiro atoms. The van der Waals surface area contributed by atoms with E-state index in [9.17, 15) is 0 Å². The van der Waals surface area contributed by atoms with Crippen LogP contribution in [-0.2, 0) is 32.2 Å². The monoisotopic (exact) mass is 588 g/mol. The molecule has 2 aliphatic rings. The Labute approximate surface area is 225 Å². The minimum absolute atomic E-state index is 0.559. The predicted octanol–water partition coefficient (Wildman–Crippen LogP) is 9.31. The van der Waals surface area contributed by atoms with Crippen molar-refractivity contribution in [1.29, 1.82) is 0 Å². The molecule has 0 radical (unpaired) electrons. The van der Waals surface area contributed by atoms with Gasteiger partial charge in [-0.15, -0.1) is 0 Å². The summed E-state index contributed by atoms with van der Waals surface area (Å²) in [4.78, 5) is 7.68. The first kappa shape index (κ1) is 25.6. The van der Waals surface area contributed by atoms with Crippen molar-refractivity contribution in [3.05, 3.63) is 121 Å². The van der Waals surface area contributed by atoms with E-state index in [0.29, 0.717) is 6.54 Å². The first-order chi connectivity index (χ1) is 17.2. The lowest BCUT2D eigenvalue weighted by atomic mass is 9.88. The smallest absolute Gasteiger partial charge is 0.240 e. The van der Waals surface area contributed by atoms with Crippen LogP contribution in [0.25, 0.3) is 15.7 Å². The molecule has 0 N–H and O–H groups in total. The molecule has 4 aromatic rings. The van der Waals surface area contributed by atoms with E-state index in [4.69, 9.17) is 6.57 Å². The van der Waals surface area contributed by atoms with Crippen molar-refractivity contribution in [2.45, 2.75) is 57.9 Å². The van der Waals surface area contributed by atoms with Crippen LogP contribution >= 0.6 is 31.9 Å². The molecule has 0 bridgehead atoms. The average Bonchev–Trinajstić information content (AvgIpc) is 2.91. The fourth-order valence-electron chi connectivity index (χ4n) is 4.89. The minimum atomic E-state index is 0.559. The predicted molar refractivity (Wildman–Crippen MR) is 154 cm³/mol. The summed E-state index contributed by atoms with van der Waals surface area (Å²) in [5.41, 5.74) is 8.32. The summed E-state index contributed by atoms with van der Waals surface area (Å²) in [6.07, 6.45) is 12.1. The third-order valence-corrected chi connectivity index (χ3v) is 8.11. The van der Waals surface area contributed by atoms with Gasteiger partial charge in [-0.05, 0) is 97.9 Å². The van der Waals surface area contributed by atoms with E-state index in [1.54, 1.807) is 17.3 Å². The summed E-state index contributed by atoms with van der Waals surface area (Å²) in [7, 11) is 0. The molecule has 0 amide bonds. The van der Waals surface area contributed by atoms with E-state index in [0.717, 1.165) is 15.4 Å². The van der Waals surface area contributed by atoms with Gasteiger partial charge in [0.1, 0.15) is 0 Å². The van der Waals surface area contributed by atoms with Crippen LogP contribution in [0.15, 0.2) is 81.9 Å². The van der Waals surface area contributed by atoms with Crippen molar-refractivity contribution in [1.82, 2.24) is 4.98 Å². The van der Waals surface area contributed by atoms with Crippen LogP contribution in [0.5, 0.6) is 0 Å². The van der Waals surface area contributed by atoms with Crippen molar-refractivity contribution in [2.24, 2.45) is 0 Å². The lowest BCUT2D eigenvalue weighted by molar-refractivity contribution is 0.680. The number of aromatic nitrogens is 1. The van der Waals surface area contributed by atoms with Crippen molar-refractivity contribution >= 4 is 42.8 Å². The maximum atomic E-state index is 6.88. The molecule has 1 heterocycles. The Morgan fingerprint density at radius 1 is 0.686 bits per heavy atom. The molecule has 178 valence electrons. The lowest BCUT2D eigenvalue weighted by Crippen LogP contribution is -2.05. The normalized spacial score (nSPS) is 13.7. The molecule has 6 rings (SSSR count). The Hall–Kier alpha value is -2.48. The molecular formula is C31H30Br2N2. The zero-order chi connectivity index (χ0) is 24.5. The average molecular weight is 590 g/mol. The van der Waals surface area contributed by atoms with Crippen molar-refractivity contribution < 1.29 is 0 Å². The van der Waals surface area contributed by atoms with Gasteiger partial charge in [0, 0.05) is 26.1 Å². The van der Waals surface area contributed by atoms with Gasteiger partial charge in [0.05, 0.1) is 5.52 Å². The molecular weight excluding hydrogens is 560 g/mol. The fraction of sp³-hybridized carbons (Fsp3) is 0.290. The van der Waals surface area contributed by atoms with Gasteiger partial charge in [-0.25, -0.2) is 6.57 Å². The van der Waals surface area contributed by atoms with E-state index in [1.165, 1.54) is 72.5 Å². The number of rotatable bonds is 1. The number of pyridine rings is 1. The number of nitrogens with zero attached hydrogens (tertiary/aromatic N) is 2. The number of halogens is 2. The second-order valence-corrected chi connectivity index (χ2v) is 10.7. The molecule has 0 fully saturated rings.